The van der Waals surface area contributed by atoms with Crippen LogP contribution < -0.4 is 0 Å². The summed E-state index contributed by atoms with van der Waals surface area (Å²) >= 11 is 0. The van der Waals surface area contributed by atoms with E-state index in [9.17, 15) is 13.2 Å². The van der Waals surface area contributed by atoms with Gasteiger partial charge in [-0.3, -0.25) is 0 Å². The van der Waals surface area contributed by atoms with Crippen LogP contribution in [0, 0.1) is 24.4 Å². The summed E-state index contributed by atoms with van der Waals surface area (Å²) in [6.45, 7) is 3.34. The lowest BCUT2D eigenvalue weighted by molar-refractivity contribution is 0.489. The van der Waals surface area contributed by atoms with Gasteiger partial charge in [0.2, 0.25) is 0 Å². The second-order valence-corrected chi connectivity index (χ2v) is 4.96. The molecule has 0 aliphatic carbocycles. The van der Waals surface area contributed by atoms with Gasteiger partial charge in [0.05, 0.1) is 0 Å². The van der Waals surface area contributed by atoms with E-state index in [-0.39, 0.29) is 11.1 Å². The van der Waals surface area contributed by atoms with Crippen molar-refractivity contribution in [2.24, 2.45) is 0 Å². The van der Waals surface area contributed by atoms with E-state index in [0.29, 0.717) is 5.56 Å². The van der Waals surface area contributed by atoms with E-state index in [1.54, 1.807) is 12.1 Å². The molecule has 0 N–H and O–H groups in total. The zero-order chi connectivity index (χ0) is 14.7. The van der Waals surface area contributed by atoms with Crippen LogP contribution in [0.3, 0.4) is 0 Å². The molecule has 0 saturated carbocycles. The first-order chi connectivity index (χ1) is 9.54. The van der Waals surface area contributed by atoms with E-state index in [4.69, 9.17) is 0 Å². The van der Waals surface area contributed by atoms with Crippen LogP contribution in [0.1, 0.15) is 30.9 Å². The Balaban J connectivity index is 2.37. The molecule has 0 fully saturated rings. The van der Waals surface area contributed by atoms with Crippen LogP contribution in [-0.2, 0) is 6.42 Å². The van der Waals surface area contributed by atoms with Gasteiger partial charge in [-0.05, 0) is 37.0 Å². The van der Waals surface area contributed by atoms with Crippen molar-refractivity contribution in [1.82, 2.24) is 0 Å². The van der Waals surface area contributed by atoms with Crippen LogP contribution >= 0.6 is 0 Å². The van der Waals surface area contributed by atoms with E-state index in [1.807, 2.05) is 12.1 Å². The lowest BCUT2D eigenvalue weighted by Gasteiger charge is -2.08. The largest absolute Gasteiger partial charge is 0.207 e. The van der Waals surface area contributed by atoms with Gasteiger partial charge in [-0.25, -0.2) is 13.2 Å². The summed E-state index contributed by atoms with van der Waals surface area (Å²) < 4.78 is 41.0. The highest BCUT2D eigenvalue weighted by molar-refractivity contribution is 5.65. The van der Waals surface area contributed by atoms with Crippen molar-refractivity contribution in [3.05, 3.63) is 58.9 Å². The number of hydrogen-bond donors (Lipinski definition) is 0. The molecule has 0 aliphatic heterocycles. The smallest absolute Gasteiger partial charge is 0.167 e. The maximum atomic E-state index is 13.9. The first kappa shape index (κ1) is 14.6. The lowest BCUT2D eigenvalue weighted by Crippen LogP contribution is -1.97. The fourth-order valence-electron chi connectivity index (χ4n) is 2.13. The highest BCUT2D eigenvalue weighted by Crippen LogP contribution is 2.28. The average Bonchev–Trinajstić information content (AvgIpc) is 2.47. The molecule has 2 aromatic carbocycles. The average molecular weight is 278 g/mol. The number of rotatable bonds is 4. The Kier molecular flexibility index (Phi) is 4.48. The summed E-state index contributed by atoms with van der Waals surface area (Å²) in [6.07, 6.45) is 3.14. The van der Waals surface area contributed by atoms with Crippen molar-refractivity contribution in [2.75, 3.05) is 0 Å². The summed E-state index contributed by atoms with van der Waals surface area (Å²) in [6, 6.07) is 8.21. The molecular weight excluding hydrogens is 261 g/mol. The predicted molar refractivity (Wildman–Crippen MR) is 75.1 cm³/mol. The number of aryl methyl sites for hydroxylation is 1. The minimum Gasteiger partial charge on any atom is -0.207 e. The fraction of sp³-hybridized carbons (Fsp3) is 0.294. The molecular formula is C17H17F3. The molecule has 0 atom stereocenters. The minimum atomic E-state index is -1.12. The number of benzene rings is 2. The third-order valence-corrected chi connectivity index (χ3v) is 3.47. The van der Waals surface area contributed by atoms with E-state index in [0.717, 1.165) is 30.9 Å². The predicted octanol–water partition coefficient (Wildman–Crippen LogP) is 5.42. The van der Waals surface area contributed by atoms with Gasteiger partial charge in [-0.1, -0.05) is 37.6 Å². The van der Waals surface area contributed by atoms with Gasteiger partial charge in [-0.15, -0.1) is 0 Å². The highest BCUT2D eigenvalue weighted by Gasteiger charge is 2.16. The van der Waals surface area contributed by atoms with Gasteiger partial charge in [0.15, 0.2) is 11.6 Å². The van der Waals surface area contributed by atoms with Gasteiger partial charge < -0.3 is 0 Å². The van der Waals surface area contributed by atoms with Gasteiger partial charge >= 0.3 is 0 Å². The molecule has 0 unspecified atom stereocenters. The van der Waals surface area contributed by atoms with Crippen molar-refractivity contribution < 1.29 is 13.2 Å². The quantitative estimate of drug-likeness (QED) is 0.655. The molecule has 0 bridgehead atoms. The van der Waals surface area contributed by atoms with Crippen LogP contribution in [0.5, 0.6) is 0 Å². The molecule has 20 heavy (non-hydrogen) atoms. The Morgan fingerprint density at radius 3 is 2.20 bits per heavy atom. The lowest BCUT2D eigenvalue weighted by atomic mass is 9.99. The Morgan fingerprint density at radius 1 is 0.950 bits per heavy atom. The van der Waals surface area contributed by atoms with Crippen molar-refractivity contribution >= 4 is 0 Å². The Bertz CT molecular complexity index is 601. The topological polar surface area (TPSA) is 0 Å². The van der Waals surface area contributed by atoms with E-state index in [2.05, 4.69) is 6.92 Å². The van der Waals surface area contributed by atoms with Crippen LogP contribution in [0.15, 0.2) is 30.3 Å². The molecule has 0 aromatic heterocycles. The molecule has 0 saturated heterocycles. The van der Waals surface area contributed by atoms with Gasteiger partial charge in [0.1, 0.15) is 5.82 Å². The third-order valence-electron chi connectivity index (χ3n) is 3.47. The van der Waals surface area contributed by atoms with E-state index < -0.39 is 17.5 Å². The molecule has 0 amide bonds. The molecule has 3 heteroatoms. The zero-order valence-corrected chi connectivity index (χ0v) is 11.6. The standard InChI is InChI=1S/C17H17F3/c1-3-4-5-12-6-8-13(9-7-12)14-10-15(18)11(2)16(19)17(14)20/h6-10H,3-5H2,1-2H3. The molecule has 0 spiro atoms. The van der Waals surface area contributed by atoms with Gasteiger partial charge in [0.25, 0.3) is 0 Å². The fourth-order valence-corrected chi connectivity index (χ4v) is 2.13. The Labute approximate surface area is 117 Å². The second kappa shape index (κ2) is 6.12. The molecule has 2 aromatic rings. The maximum Gasteiger partial charge on any atom is 0.167 e. The molecule has 0 aliphatic rings. The second-order valence-electron chi connectivity index (χ2n) is 4.96. The molecule has 2 rings (SSSR count). The molecule has 0 radical (unpaired) electrons. The van der Waals surface area contributed by atoms with Crippen LogP contribution in [0.25, 0.3) is 11.1 Å². The van der Waals surface area contributed by atoms with Crippen molar-refractivity contribution in [3.63, 3.8) is 0 Å². The van der Waals surface area contributed by atoms with Crippen LogP contribution in [0.2, 0.25) is 0 Å². The summed E-state index contributed by atoms with van der Waals surface area (Å²) in [7, 11) is 0. The van der Waals surface area contributed by atoms with E-state index >= 15 is 0 Å². The van der Waals surface area contributed by atoms with Gasteiger partial charge in [-0.2, -0.15) is 0 Å². The number of unbranched alkanes of at least 4 members (excludes halogenated alkanes) is 1. The number of halogens is 3. The molecule has 0 nitrogen and oxygen atoms in total. The van der Waals surface area contributed by atoms with Crippen LogP contribution in [-0.4, -0.2) is 0 Å². The monoisotopic (exact) mass is 278 g/mol. The SMILES string of the molecule is CCCCc1ccc(-c2cc(F)c(C)c(F)c2F)cc1. The third kappa shape index (κ3) is 2.87. The Hall–Kier alpha value is -1.77. The van der Waals surface area contributed by atoms with Crippen molar-refractivity contribution in [3.8, 4) is 11.1 Å². The maximum absolute atomic E-state index is 13.9. The highest BCUT2D eigenvalue weighted by atomic mass is 19.2. The minimum absolute atomic E-state index is 0.0346. The molecule has 106 valence electrons. The number of hydrogen-bond acceptors (Lipinski definition) is 0. The van der Waals surface area contributed by atoms with Crippen molar-refractivity contribution in [1.29, 1.82) is 0 Å². The van der Waals surface area contributed by atoms with Crippen LogP contribution in [0.4, 0.5) is 13.2 Å². The molecule has 0 heterocycles. The van der Waals surface area contributed by atoms with Gasteiger partial charge in [0, 0.05) is 11.1 Å². The zero-order valence-electron chi connectivity index (χ0n) is 11.6. The Morgan fingerprint density at radius 2 is 1.60 bits per heavy atom. The normalized spacial score (nSPS) is 10.8. The summed E-state index contributed by atoms with van der Waals surface area (Å²) in [4.78, 5) is 0. The van der Waals surface area contributed by atoms with Crippen molar-refractivity contribution in [2.45, 2.75) is 33.1 Å². The summed E-state index contributed by atoms with van der Waals surface area (Å²) in [5.74, 6) is -2.84. The summed E-state index contributed by atoms with van der Waals surface area (Å²) in [5, 5.41) is 0. The van der Waals surface area contributed by atoms with E-state index in [1.165, 1.54) is 6.92 Å². The summed E-state index contributed by atoms with van der Waals surface area (Å²) in [5.41, 5.74) is 1.31. The first-order valence-corrected chi connectivity index (χ1v) is 6.78. The first-order valence-electron chi connectivity index (χ1n) is 6.78.